The van der Waals surface area contributed by atoms with Crippen LogP contribution in [0.15, 0.2) is 60.8 Å². The number of amides is 1. The number of hydrogen-bond donors (Lipinski definition) is 1. The van der Waals surface area contributed by atoms with E-state index >= 15 is 0 Å². The molecule has 1 N–H and O–H groups in total. The zero-order valence-electron chi connectivity index (χ0n) is 15.0. The first-order valence-electron chi connectivity index (χ1n) is 8.64. The summed E-state index contributed by atoms with van der Waals surface area (Å²) >= 11 is 6.10. The Bertz CT molecular complexity index is 1050. The number of para-hydroxylation sites is 1. The first-order valence-corrected chi connectivity index (χ1v) is 10.8. The van der Waals surface area contributed by atoms with Gasteiger partial charge in [-0.25, -0.2) is 13.1 Å². The summed E-state index contributed by atoms with van der Waals surface area (Å²) in [6.45, 7) is 0.228. The van der Waals surface area contributed by atoms with Crippen LogP contribution in [0.2, 0.25) is 5.02 Å². The molecule has 0 radical (unpaired) electrons. The Balaban J connectivity index is 1.49. The lowest BCUT2D eigenvalue weighted by Gasteiger charge is -2.05. The zero-order chi connectivity index (χ0) is 20.0. The SMILES string of the molecule is O=C(NCCCS(=O)(=O)Cc1ccccc1)c1cn(-c2ccccc2Cl)nn1. The number of aromatic nitrogens is 3. The first-order chi connectivity index (χ1) is 13.4. The van der Waals surface area contributed by atoms with Gasteiger partial charge in [0.2, 0.25) is 0 Å². The second-order valence-corrected chi connectivity index (χ2v) is 8.78. The average molecular weight is 419 g/mol. The van der Waals surface area contributed by atoms with Crippen LogP contribution >= 0.6 is 11.6 Å². The van der Waals surface area contributed by atoms with Crippen LogP contribution in [0.25, 0.3) is 5.69 Å². The molecule has 0 unspecified atom stereocenters. The van der Waals surface area contributed by atoms with Gasteiger partial charge in [0, 0.05) is 6.54 Å². The van der Waals surface area contributed by atoms with E-state index in [1.807, 2.05) is 6.07 Å². The van der Waals surface area contributed by atoms with Crippen molar-refractivity contribution in [2.75, 3.05) is 12.3 Å². The molecule has 0 bridgehead atoms. The van der Waals surface area contributed by atoms with Crippen LogP contribution in [0.4, 0.5) is 0 Å². The molecule has 0 atom stereocenters. The van der Waals surface area contributed by atoms with Gasteiger partial charge in [-0.2, -0.15) is 0 Å². The third kappa shape index (κ3) is 5.40. The molecule has 0 aliphatic heterocycles. The van der Waals surface area contributed by atoms with Crippen molar-refractivity contribution < 1.29 is 13.2 Å². The van der Waals surface area contributed by atoms with E-state index in [2.05, 4.69) is 15.6 Å². The molecule has 3 aromatic rings. The van der Waals surface area contributed by atoms with Crippen molar-refractivity contribution in [1.82, 2.24) is 20.3 Å². The van der Waals surface area contributed by atoms with E-state index in [-0.39, 0.29) is 23.7 Å². The van der Waals surface area contributed by atoms with Gasteiger partial charge in [-0.15, -0.1) is 5.10 Å². The Labute approximate surface area is 168 Å². The number of rotatable bonds is 8. The maximum absolute atomic E-state index is 12.2. The lowest BCUT2D eigenvalue weighted by atomic mass is 10.2. The van der Waals surface area contributed by atoms with Crippen LogP contribution in [-0.2, 0) is 15.6 Å². The summed E-state index contributed by atoms with van der Waals surface area (Å²) in [7, 11) is -3.23. The zero-order valence-corrected chi connectivity index (χ0v) is 16.5. The molecule has 1 aromatic heterocycles. The summed E-state index contributed by atoms with van der Waals surface area (Å²) in [5.41, 5.74) is 1.50. The van der Waals surface area contributed by atoms with E-state index < -0.39 is 15.7 Å². The van der Waals surface area contributed by atoms with Crippen LogP contribution < -0.4 is 5.32 Å². The Morgan fingerprint density at radius 3 is 2.54 bits per heavy atom. The number of halogens is 1. The van der Waals surface area contributed by atoms with E-state index in [0.29, 0.717) is 17.1 Å². The fraction of sp³-hybridized carbons (Fsp3) is 0.211. The maximum atomic E-state index is 12.2. The molecule has 1 amide bonds. The van der Waals surface area contributed by atoms with Crippen LogP contribution in [0.1, 0.15) is 22.5 Å². The number of sulfone groups is 1. The van der Waals surface area contributed by atoms with Crippen LogP contribution in [0, 0.1) is 0 Å². The minimum absolute atomic E-state index is 0.00547. The van der Waals surface area contributed by atoms with Crippen LogP contribution in [0.5, 0.6) is 0 Å². The largest absolute Gasteiger partial charge is 0.351 e. The number of hydrogen-bond acceptors (Lipinski definition) is 5. The monoisotopic (exact) mass is 418 g/mol. The average Bonchev–Trinajstić information content (AvgIpc) is 3.16. The van der Waals surface area contributed by atoms with E-state index in [1.54, 1.807) is 48.5 Å². The van der Waals surface area contributed by atoms with Crippen LogP contribution in [0.3, 0.4) is 0 Å². The van der Waals surface area contributed by atoms with E-state index in [1.165, 1.54) is 10.9 Å². The van der Waals surface area contributed by atoms with Crippen molar-refractivity contribution in [3.8, 4) is 5.69 Å². The highest BCUT2D eigenvalue weighted by Gasteiger charge is 2.14. The van der Waals surface area contributed by atoms with Crippen LogP contribution in [-0.4, -0.2) is 41.6 Å². The highest BCUT2D eigenvalue weighted by Crippen LogP contribution is 2.18. The van der Waals surface area contributed by atoms with Gasteiger partial charge >= 0.3 is 0 Å². The van der Waals surface area contributed by atoms with Crippen molar-refractivity contribution in [3.05, 3.63) is 77.1 Å². The smallest absolute Gasteiger partial charge is 0.273 e. The number of carbonyl (C=O) groups excluding carboxylic acids is 1. The molecule has 0 saturated carbocycles. The summed E-state index contributed by atoms with van der Waals surface area (Å²) in [6.07, 6.45) is 1.79. The van der Waals surface area contributed by atoms with Gasteiger partial charge in [-0.1, -0.05) is 59.3 Å². The fourth-order valence-electron chi connectivity index (χ4n) is 2.61. The highest BCUT2D eigenvalue weighted by atomic mass is 35.5. The van der Waals surface area contributed by atoms with Gasteiger partial charge in [0.05, 0.1) is 28.4 Å². The number of nitrogens with zero attached hydrogens (tertiary/aromatic N) is 3. The first kappa shape index (κ1) is 20.0. The second kappa shape index (κ2) is 8.99. The van der Waals surface area contributed by atoms with Crippen molar-refractivity contribution in [2.45, 2.75) is 12.2 Å². The topological polar surface area (TPSA) is 94.0 Å². The molecule has 1 heterocycles. The summed E-state index contributed by atoms with van der Waals surface area (Å²) in [5.74, 6) is -0.429. The number of nitrogens with one attached hydrogen (secondary N) is 1. The Morgan fingerprint density at radius 2 is 1.79 bits per heavy atom. The maximum Gasteiger partial charge on any atom is 0.273 e. The van der Waals surface area contributed by atoms with Crippen molar-refractivity contribution in [1.29, 1.82) is 0 Å². The van der Waals surface area contributed by atoms with Gasteiger partial charge in [0.25, 0.3) is 5.91 Å². The molecule has 0 spiro atoms. The van der Waals surface area contributed by atoms with E-state index in [4.69, 9.17) is 11.6 Å². The normalized spacial score (nSPS) is 11.3. The summed E-state index contributed by atoms with van der Waals surface area (Å²) in [4.78, 5) is 12.2. The van der Waals surface area contributed by atoms with Gasteiger partial charge in [0.1, 0.15) is 0 Å². The third-order valence-corrected chi connectivity index (χ3v) is 5.98. The minimum Gasteiger partial charge on any atom is -0.351 e. The predicted molar refractivity (Wildman–Crippen MR) is 107 cm³/mol. The lowest BCUT2D eigenvalue weighted by Crippen LogP contribution is -2.26. The lowest BCUT2D eigenvalue weighted by molar-refractivity contribution is 0.0948. The summed E-state index contributed by atoms with van der Waals surface area (Å²) in [6, 6.07) is 16.1. The predicted octanol–water partition coefficient (Wildman–Crippen LogP) is 2.66. The third-order valence-electron chi connectivity index (χ3n) is 3.97. The number of benzene rings is 2. The molecule has 0 fully saturated rings. The molecule has 28 heavy (non-hydrogen) atoms. The molecule has 146 valence electrons. The molecule has 9 heteroatoms. The molecule has 7 nitrogen and oxygen atoms in total. The quantitative estimate of drug-likeness (QED) is 0.567. The molecule has 2 aromatic carbocycles. The molecular weight excluding hydrogens is 400 g/mol. The minimum atomic E-state index is -3.23. The molecular formula is C19H19ClN4O3S. The number of carbonyl (C=O) groups is 1. The Morgan fingerprint density at radius 1 is 1.07 bits per heavy atom. The molecule has 3 rings (SSSR count). The molecule has 0 saturated heterocycles. The Kier molecular flexibility index (Phi) is 6.43. The Hall–Kier alpha value is -2.71. The molecule has 0 aliphatic rings. The highest BCUT2D eigenvalue weighted by molar-refractivity contribution is 7.90. The van der Waals surface area contributed by atoms with E-state index in [9.17, 15) is 13.2 Å². The van der Waals surface area contributed by atoms with E-state index in [0.717, 1.165) is 5.56 Å². The van der Waals surface area contributed by atoms with Gasteiger partial charge in [-0.05, 0) is 24.1 Å². The summed E-state index contributed by atoms with van der Waals surface area (Å²) in [5, 5.41) is 10.9. The standard InChI is InChI=1S/C19H19ClN4O3S/c20-16-9-4-5-10-18(16)24-13-17(22-23-24)19(25)21-11-6-12-28(26,27)14-15-7-2-1-3-8-15/h1-5,7-10,13H,6,11-12,14H2,(H,21,25). The fourth-order valence-corrected chi connectivity index (χ4v) is 4.26. The molecule has 0 aliphatic carbocycles. The van der Waals surface area contributed by atoms with Gasteiger partial charge in [0.15, 0.2) is 15.5 Å². The van der Waals surface area contributed by atoms with Gasteiger partial charge in [-0.3, -0.25) is 4.79 Å². The summed E-state index contributed by atoms with van der Waals surface area (Å²) < 4.78 is 25.7. The van der Waals surface area contributed by atoms with Gasteiger partial charge < -0.3 is 5.32 Å². The van der Waals surface area contributed by atoms with Crippen molar-refractivity contribution in [3.63, 3.8) is 0 Å². The van der Waals surface area contributed by atoms with Crippen molar-refractivity contribution >= 4 is 27.3 Å². The van der Waals surface area contributed by atoms with Crippen molar-refractivity contribution in [2.24, 2.45) is 0 Å². The second-order valence-electron chi connectivity index (χ2n) is 6.19.